The zero-order valence-electron chi connectivity index (χ0n) is 12.3. The van der Waals surface area contributed by atoms with Crippen LogP contribution in [-0.4, -0.2) is 13.1 Å². The number of hydrogen-bond acceptors (Lipinski definition) is 2. The molecular weight excluding hydrogens is 244 g/mol. The Kier molecular flexibility index (Phi) is 3.93. The first-order valence-corrected chi connectivity index (χ1v) is 7.75. The van der Waals surface area contributed by atoms with Gasteiger partial charge < -0.3 is 10.6 Å². The van der Waals surface area contributed by atoms with Crippen molar-refractivity contribution in [2.24, 2.45) is 5.73 Å². The molecule has 0 atom stereocenters. The minimum absolute atomic E-state index is 0.605. The second-order valence-electron chi connectivity index (χ2n) is 5.90. The van der Waals surface area contributed by atoms with Crippen LogP contribution in [0.5, 0.6) is 0 Å². The van der Waals surface area contributed by atoms with Crippen LogP contribution in [0.3, 0.4) is 0 Å². The second-order valence-corrected chi connectivity index (χ2v) is 5.90. The second kappa shape index (κ2) is 5.84. The number of nitrogens with two attached hydrogens (primary N) is 1. The highest BCUT2D eigenvalue weighted by Crippen LogP contribution is 2.33. The Morgan fingerprint density at radius 1 is 1.00 bits per heavy atom. The van der Waals surface area contributed by atoms with E-state index in [1.807, 2.05) is 0 Å². The van der Waals surface area contributed by atoms with Gasteiger partial charge >= 0.3 is 0 Å². The number of fused-ring (bicyclic) bond motifs is 1. The largest absolute Gasteiger partial charge is 0.371 e. The van der Waals surface area contributed by atoms with Gasteiger partial charge in [0.25, 0.3) is 0 Å². The first kappa shape index (κ1) is 13.4. The quantitative estimate of drug-likeness (QED) is 0.909. The minimum Gasteiger partial charge on any atom is -0.371 e. The summed E-state index contributed by atoms with van der Waals surface area (Å²) in [7, 11) is 2.25. The fraction of sp³-hybridized carbons (Fsp3) is 0.444. The molecule has 0 aromatic heterocycles. The van der Waals surface area contributed by atoms with E-state index in [1.54, 1.807) is 0 Å². The predicted molar refractivity (Wildman–Crippen MR) is 87.1 cm³/mol. The molecule has 1 aliphatic rings. The summed E-state index contributed by atoms with van der Waals surface area (Å²) in [6.45, 7) is 0.605. The van der Waals surface area contributed by atoms with Gasteiger partial charge in [0.05, 0.1) is 0 Å². The molecule has 2 N–H and O–H groups in total. The SMILES string of the molecule is CN(c1ccc(CN)c2ccccc12)C1CCCCC1. The Morgan fingerprint density at radius 2 is 1.70 bits per heavy atom. The number of hydrogen-bond donors (Lipinski definition) is 1. The fourth-order valence-electron chi connectivity index (χ4n) is 3.50. The maximum absolute atomic E-state index is 5.87. The van der Waals surface area contributed by atoms with Gasteiger partial charge in [-0.25, -0.2) is 0 Å². The van der Waals surface area contributed by atoms with Crippen LogP contribution >= 0.6 is 0 Å². The third kappa shape index (κ3) is 2.40. The van der Waals surface area contributed by atoms with Crippen LogP contribution in [0.2, 0.25) is 0 Å². The van der Waals surface area contributed by atoms with Gasteiger partial charge in [-0.1, -0.05) is 49.6 Å². The summed E-state index contributed by atoms with van der Waals surface area (Å²) < 4.78 is 0. The predicted octanol–water partition coefficient (Wildman–Crippen LogP) is 4.07. The van der Waals surface area contributed by atoms with Gasteiger partial charge in [0.15, 0.2) is 0 Å². The highest BCUT2D eigenvalue weighted by Gasteiger charge is 2.19. The molecule has 0 bridgehead atoms. The maximum atomic E-state index is 5.87. The van der Waals surface area contributed by atoms with Crippen LogP contribution in [0.25, 0.3) is 10.8 Å². The Bertz CT molecular complexity index is 585. The minimum atomic E-state index is 0.605. The molecule has 0 radical (unpaired) electrons. The molecule has 0 amide bonds. The van der Waals surface area contributed by atoms with Crippen molar-refractivity contribution in [2.45, 2.75) is 44.7 Å². The lowest BCUT2D eigenvalue weighted by Gasteiger charge is -2.34. The third-order valence-corrected chi connectivity index (χ3v) is 4.71. The molecule has 1 fully saturated rings. The summed E-state index contributed by atoms with van der Waals surface area (Å²) in [4.78, 5) is 2.49. The van der Waals surface area contributed by atoms with Crippen LogP contribution in [0.15, 0.2) is 36.4 Å². The van der Waals surface area contributed by atoms with Crippen LogP contribution in [0, 0.1) is 0 Å². The molecule has 0 heterocycles. The molecule has 2 nitrogen and oxygen atoms in total. The molecule has 106 valence electrons. The van der Waals surface area contributed by atoms with E-state index in [9.17, 15) is 0 Å². The van der Waals surface area contributed by atoms with E-state index in [-0.39, 0.29) is 0 Å². The zero-order valence-corrected chi connectivity index (χ0v) is 12.3. The van der Waals surface area contributed by atoms with Gasteiger partial charge in [-0.3, -0.25) is 0 Å². The highest BCUT2D eigenvalue weighted by atomic mass is 15.1. The van der Waals surface area contributed by atoms with Crippen molar-refractivity contribution in [1.29, 1.82) is 0 Å². The lowest BCUT2D eigenvalue weighted by Crippen LogP contribution is -2.33. The molecule has 0 spiro atoms. The van der Waals surface area contributed by atoms with E-state index >= 15 is 0 Å². The molecule has 2 aromatic rings. The number of nitrogens with zero attached hydrogens (tertiary/aromatic N) is 1. The van der Waals surface area contributed by atoms with Crippen molar-refractivity contribution in [2.75, 3.05) is 11.9 Å². The Balaban J connectivity index is 2.02. The summed E-state index contributed by atoms with van der Waals surface area (Å²) in [5, 5.41) is 2.64. The Morgan fingerprint density at radius 3 is 2.40 bits per heavy atom. The average molecular weight is 268 g/mol. The lowest BCUT2D eigenvalue weighted by atomic mass is 9.93. The van der Waals surface area contributed by atoms with Crippen molar-refractivity contribution < 1.29 is 0 Å². The smallest absolute Gasteiger partial charge is 0.0446 e. The van der Waals surface area contributed by atoms with Crippen molar-refractivity contribution in [3.63, 3.8) is 0 Å². The summed E-state index contributed by atoms with van der Waals surface area (Å²) in [6.07, 6.45) is 6.78. The average Bonchev–Trinajstić information content (AvgIpc) is 2.54. The molecule has 0 unspecified atom stereocenters. The monoisotopic (exact) mass is 268 g/mol. The first-order chi connectivity index (χ1) is 9.81. The van der Waals surface area contributed by atoms with Gasteiger partial charge in [0.2, 0.25) is 0 Å². The van der Waals surface area contributed by atoms with Gasteiger partial charge in [0.1, 0.15) is 0 Å². The van der Waals surface area contributed by atoms with Gasteiger partial charge in [-0.05, 0) is 29.9 Å². The maximum Gasteiger partial charge on any atom is 0.0446 e. The van der Waals surface area contributed by atoms with E-state index in [1.165, 1.54) is 54.1 Å². The molecule has 2 aromatic carbocycles. The van der Waals surface area contributed by atoms with E-state index in [4.69, 9.17) is 5.73 Å². The molecule has 1 saturated carbocycles. The Labute approximate surface area is 121 Å². The normalized spacial score (nSPS) is 16.5. The summed E-state index contributed by atoms with van der Waals surface area (Å²) in [6, 6.07) is 13.8. The molecule has 3 rings (SSSR count). The molecule has 2 heteroatoms. The van der Waals surface area contributed by atoms with Crippen molar-refractivity contribution >= 4 is 16.5 Å². The van der Waals surface area contributed by atoms with Crippen LogP contribution < -0.4 is 10.6 Å². The summed E-state index contributed by atoms with van der Waals surface area (Å²) in [5.41, 5.74) is 8.46. The van der Waals surface area contributed by atoms with Gasteiger partial charge in [0, 0.05) is 30.7 Å². The van der Waals surface area contributed by atoms with Crippen LogP contribution in [-0.2, 0) is 6.54 Å². The lowest BCUT2D eigenvalue weighted by molar-refractivity contribution is 0.428. The topological polar surface area (TPSA) is 29.3 Å². The highest BCUT2D eigenvalue weighted by molar-refractivity contribution is 5.96. The standard InChI is InChI=1S/C18H24N2/c1-20(15-7-3-2-4-8-15)18-12-11-14(13-19)16-9-5-6-10-17(16)18/h5-6,9-12,15H,2-4,7-8,13,19H2,1H3. The van der Waals surface area contributed by atoms with Gasteiger partial charge in [-0.15, -0.1) is 0 Å². The van der Waals surface area contributed by atoms with Crippen molar-refractivity contribution in [3.8, 4) is 0 Å². The number of anilines is 1. The van der Waals surface area contributed by atoms with Crippen molar-refractivity contribution in [3.05, 3.63) is 42.0 Å². The number of benzene rings is 2. The van der Waals surface area contributed by atoms with E-state index in [0.29, 0.717) is 12.6 Å². The first-order valence-electron chi connectivity index (χ1n) is 7.75. The van der Waals surface area contributed by atoms with Gasteiger partial charge in [-0.2, -0.15) is 0 Å². The third-order valence-electron chi connectivity index (χ3n) is 4.71. The van der Waals surface area contributed by atoms with E-state index in [0.717, 1.165) is 0 Å². The Hall–Kier alpha value is -1.54. The number of rotatable bonds is 3. The molecule has 20 heavy (non-hydrogen) atoms. The molecule has 0 saturated heterocycles. The fourth-order valence-corrected chi connectivity index (χ4v) is 3.50. The molecular formula is C18H24N2. The summed E-state index contributed by atoms with van der Waals surface area (Å²) >= 11 is 0. The van der Waals surface area contributed by atoms with Crippen LogP contribution in [0.1, 0.15) is 37.7 Å². The van der Waals surface area contributed by atoms with E-state index in [2.05, 4.69) is 48.3 Å². The molecule has 1 aliphatic carbocycles. The summed E-state index contributed by atoms with van der Waals surface area (Å²) in [5.74, 6) is 0. The van der Waals surface area contributed by atoms with Crippen molar-refractivity contribution in [1.82, 2.24) is 0 Å². The van der Waals surface area contributed by atoms with Crippen LogP contribution in [0.4, 0.5) is 5.69 Å². The zero-order chi connectivity index (χ0) is 13.9. The molecule has 0 aliphatic heterocycles. The van der Waals surface area contributed by atoms with E-state index < -0.39 is 0 Å².